The fourth-order valence-electron chi connectivity index (χ4n) is 3.98. The van der Waals surface area contributed by atoms with Gasteiger partial charge in [-0.25, -0.2) is 0 Å². The molecule has 0 saturated carbocycles. The van der Waals surface area contributed by atoms with Gasteiger partial charge in [-0.15, -0.1) is 10.2 Å². The second kappa shape index (κ2) is 8.26. The molecule has 162 valence electrons. The summed E-state index contributed by atoms with van der Waals surface area (Å²) < 4.78 is 11.2. The predicted octanol–water partition coefficient (Wildman–Crippen LogP) is 3.61. The fraction of sp³-hybridized carbons (Fsp3) is 0.261. The highest BCUT2D eigenvalue weighted by Gasteiger charge is 2.35. The summed E-state index contributed by atoms with van der Waals surface area (Å²) in [5.74, 6) is 1.50. The highest BCUT2D eigenvalue weighted by Crippen LogP contribution is 2.34. The molecular formula is C23H22N6O3. The number of ether oxygens (including phenoxy) is 1. The lowest BCUT2D eigenvalue weighted by atomic mass is 10.1. The van der Waals surface area contributed by atoms with Crippen LogP contribution in [0.15, 0.2) is 59.3 Å². The van der Waals surface area contributed by atoms with Gasteiger partial charge in [-0.2, -0.15) is 15.0 Å². The van der Waals surface area contributed by atoms with Crippen LogP contribution in [0.1, 0.15) is 40.7 Å². The van der Waals surface area contributed by atoms with Crippen LogP contribution < -0.4 is 4.74 Å². The maximum atomic E-state index is 13.6. The van der Waals surface area contributed by atoms with Crippen molar-refractivity contribution in [3.05, 3.63) is 71.9 Å². The van der Waals surface area contributed by atoms with Gasteiger partial charge >= 0.3 is 0 Å². The van der Waals surface area contributed by atoms with Crippen LogP contribution in [0.25, 0.3) is 17.1 Å². The number of amides is 1. The molecule has 9 nitrogen and oxygen atoms in total. The van der Waals surface area contributed by atoms with Gasteiger partial charge in [-0.3, -0.25) is 4.79 Å². The second-order valence-electron chi connectivity index (χ2n) is 7.67. The average Bonchev–Trinajstić information content (AvgIpc) is 3.60. The summed E-state index contributed by atoms with van der Waals surface area (Å²) in [5.41, 5.74) is 2.97. The summed E-state index contributed by atoms with van der Waals surface area (Å²) in [4.78, 5) is 16.9. The van der Waals surface area contributed by atoms with E-state index in [1.165, 1.54) is 4.80 Å². The highest BCUT2D eigenvalue weighted by molar-refractivity contribution is 5.98. The van der Waals surface area contributed by atoms with Gasteiger partial charge in [0.1, 0.15) is 11.8 Å². The maximum Gasteiger partial charge on any atom is 0.256 e. The van der Waals surface area contributed by atoms with Gasteiger partial charge in [0.05, 0.1) is 30.8 Å². The molecule has 1 aliphatic rings. The zero-order valence-corrected chi connectivity index (χ0v) is 17.8. The maximum absolute atomic E-state index is 13.6. The van der Waals surface area contributed by atoms with Gasteiger partial charge in [0, 0.05) is 12.1 Å². The van der Waals surface area contributed by atoms with Crippen LogP contribution in [-0.4, -0.2) is 49.7 Å². The van der Waals surface area contributed by atoms with Gasteiger partial charge in [-0.1, -0.05) is 11.6 Å². The molecule has 1 saturated heterocycles. The smallest absolute Gasteiger partial charge is 0.256 e. The Hall–Kier alpha value is -4.01. The first-order chi connectivity index (χ1) is 15.6. The molecule has 0 bridgehead atoms. The van der Waals surface area contributed by atoms with Crippen molar-refractivity contribution in [1.29, 1.82) is 0 Å². The third-order valence-corrected chi connectivity index (χ3v) is 5.59. The molecule has 4 aromatic rings. The van der Waals surface area contributed by atoms with E-state index in [0.29, 0.717) is 29.6 Å². The molecule has 0 aliphatic carbocycles. The Morgan fingerprint density at radius 2 is 1.88 bits per heavy atom. The molecule has 0 spiro atoms. The number of carbonyl (C=O) groups is 1. The number of hydrogen-bond donors (Lipinski definition) is 0. The van der Waals surface area contributed by atoms with E-state index in [2.05, 4.69) is 20.4 Å². The lowest BCUT2D eigenvalue weighted by Crippen LogP contribution is -2.31. The number of aryl methyl sites for hydroxylation is 1. The summed E-state index contributed by atoms with van der Waals surface area (Å²) in [7, 11) is 1.62. The quantitative estimate of drug-likeness (QED) is 0.477. The van der Waals surface area contributed by atoms with E-state index in [4.69, 9.17) is 9.15 Å². The van der Waals surface area contributed by atoms with Crippen molar-refractivity contribution in [2.45, 2.75) is 25.8 Å². The Morgan fingerprint density at radius 1 is 1.09 bits per heavy atom. The van der Waals surface area contributed by atoms with Crippen molar-refractivity contribution in [1.82, 2.24) is 30.1 Å². The van der Waals surface area contributed by atoms with E-state index in [1.807, 2.05) is 49.4 Å². The van der Waals surface area contributed by atoms with Crippen molar-refractivity contribution < 1.29 is 13.9 Å². The van der Waals surface area contributed by atoms with Crippen molar-refractivity contribution in [3.63, 3.8) is 0 Å². The molecule has 3 heterocycles. The first-order valence-electron chi connectivity index (χ1n) is 10.4. The number of rotatable bonds is 5. The number of hydrogen-bond acceptors (Lipinski definition) is 7. The largest absolute Gasteiger partial charge is 0.497 e. The van der Waals surface area contributed by atoms with Crippen LogP contribution in [0.5, 0.6) is 5.75 Å². The standard InChI is InChI=1S/C23H22N6O3/c1-15-5-10-19(29-24-11-12-25-29)18(14-15)23(30)28-13-3-4-20(28)22-27-26-21(32-22)16-6-8-17(31-2)9-7-16/h5-12,14,20H,3-4,13H2,1-2H3. The summed E-state index contributed by atoms with van der Waals surface area (Å²) in [5, 5.41) is 16.9. The Balaban J connectivity index is 1.44. The molecule has 1 fully saturated rings. The van der Waals surface area contributed by atoms with E-state index in [0.717, 1.165) is 29.7 Å². The second-order valence-corrected chi connectivity index (χ2v) is 7.67. The third kappa shape index (κ3) is 3.62. The molecule has 2 aromatic carbocycles. The van der Waals surface area contributed by atoms with Crippen molar-refractivity contribution in [2.75, 3.05) is 13.7 Å². The minimum atomic E-state index is -0.277. The Labute approximate surface area is 184 Å². The van der Waals surface area contributed by atoms with E-state index >= 15 is 0 Å². The molecule has 2 aromatic heterocycles. The fourth-order valence-corrected chi connectivity index (χ4v) is 3.98. The molecule has 5 rings (SSSR count). The SMILES string of the molecule is COc1ccc(-c2nnc(C3CCCN3C(=O)c3cc(C)ccc3-n3nccn3)o2)cc1. The van der Waals surface area contributed by atoms with Gasteiger partial charge in [0.25, 0.3) is 5.91 Å². The number of aromatic nitrogens is 5. The number of carbonyl (C=O) groups excluding carboxylic acids is 1. The number of nitrogens with zero attached hydrogens (tertiary/aromatic N) is 6. The lowest BCUT2D eigenvalue weighted by Gasteiger charge is -2.23. The molecular weight excluding hydrogens is 408 g/mol. The van der Waals surface area contributed by atoms with Crippen LogP contribution in [0.4, 0.5) is 0 Å². The third-order valence-electron chi connectivity index (χ3n) is 5.59. The molecule has 0 N–H and O–H groups in total. The minimum Gasteiger partial charge on any atom is -0.497 e. The van der Waals surface area contributed by atoms with Crippen LogP contribution >= 0.6 is 0 Å². The van der Waals surface area contributed by atoms with Gasteiger partial charge in [-0.05, 0) is 56.2 Å². The zero-order chi connectivity index (χ0) is 22.1. The van der Waals surface area contributed by atoms with Gasteiger partial charge in [0.2, 0.25) is 11.8 Å². The van der Waals surface area contributed by atoms with Crippen LogP contribution in [0.3, 0.4) is 0 Å². The Morgan fingerprint density at radius 3 is 2.62 bits per heavy atom. The predicted molar refractivity (Wildman–Crippen MR) is 115 cm³/mol. The minimum absolute atomic E-state index is 0.104. The first kappa shape index (κ1) is 19.9. The summed E-state index contributed by atoms with van der Waals surface area (Å²) >= 11 is 0. The highest BCUT2D eigenvalue weighted by atomic mass is 16.5. The van der Waals surface area contributed by atoms with Crippen molar-refractivity contribution in [3.8, 4) is 22.9 Å². The summed E-state index contributed by atoms with van der Waals surface area (Å²) in [6.07, 6.45) is 4.80. The summed E-state index contributed by atoms with van der Waals surface area (Å²) in [6.45, 7) is 2.57. The first-order valence-corrected chi connectivity index (χ1v) is 10.4. The molecule has 0 radical (unpaired) electrons. The lowest BCUT2D eigenvalue weighted by molar-refractivity contribution is 0.0715. The van der Waals surface area contributed by atoms with Gasteiger partial charge in [0.15, 0.2) is 0 Å². The topological polar surface area (TPSA) is 99.2 Å². The van der Waals surface area contributed by atoms with Crippen molar-refractivity contribution >= 4 is 5.91 Å². The van der Waals surface area contributed by atoms with Gasteiger partial charge < -0.3 is 14.1 Å². The Kier molecular flexibility index (Phi) is 5.14. The van der Waals surface area contributed by atoms with E-state index in [1.54, 1.807) is 24.4 Å². The molecule has 1 aliphatic heterocycles. The molecule has 9 heteroatoms. The number of methoxy groups -OCH3 is 1. The Bertz CT molecular complexity index is 1230. The van der Waals surface area contributed by atoms with Crippen molar-refractivity contribution in [2.24, 2.45) is 0 Å². The summed E-state index contributed by atoms with van der Waals surface area (Å²) in [6, 6.07) is 12.8. The average molecular weight is 430 g/mol. The molecule has 1 atom stereocenters. The normalized spacial score (nSPS) is 15.8. The van der Waals surface area contributed by atoms with Crippen LogP contribution in [0, 0.1) is 6.92 Å². The monoisotopic (exact) mass is 430 g/mol. The van der Waals surface area contributed by atoms with Crippen LogP contribution in [0.2, 0.25) is 0 Å². The van der Waals surface area contributed by atoms with E-state index in [-0.39, 0.29) is 11.9 Å². The molecule has 1 amide bonds. The molecule has 1 unspecified atom stereocenters. The van der Waals surface area contributed by atoms with Crippen LogP contribution in [-0.2, 0) is 0 Å². The number of benzene rings is 2. The number of likely N-dealkylation sites (tertiary alicyclic amines) is 1. The molecule has 32 heavy (non-hydrogen) atoms. The van der Waals surface area contributed by atoms with E-state index < -0.39 is 0 Å². The zero-order valence-electron chi connectivity index (χ0n) is 17.8. The van der Waals surface area contributed by atoms with E-state index in [9.17, 15) is 4.79 Å².